The van der Waals surface area contributed by atoms with E-state index in [0.717, 1.165) is 18.7 Å². The van der Waals surface area contributed by atoms with E-state index < -0.39 is 9.84 Å². The Kier molecular flexibility index (Phi) is 3.12. The van der Waals surface area contributed by atoms with Crippen LogP contribution < -0.4 is 5.32 Å². The normalized spacial score (nSPS) is 22.7. The summed E-state index contributed by atoms with van der Waals surface area (Å²) in [5, 5.41) is 11.4. The highest BCUT2D eigenvalue weighted by atomic mass is 32.2. The van der Waals surface area contributed by atoms with Crippen molar-refractivity contribution in [2.75, 3.05) is 17.3 Å². The molecule has 0 spiro atoms. The zero-order valence-electron chi connectivity index (χ0n) is 11.4. The van der Waals surface area contributed by atoms with E-state index in [1.165, 1.54) is 6.26 Å². The molecule has 1 N–H and O–H groups in total. The molecule has 1 aliphatic carbocycles. The summed E-state index contributed by atoms with van der Waals surface area (Å²) in [7, 11) is -2.88. The minimum absolute atomic E-state index is 0.252. The summed E-state index contributed by atoms with van der Waals surface area (Å²) < 4.78 is 24.3. The molecule has 2 heterocycles. The molecular weight excluding hydrogens is 278 g/mol. The van der Waals surface area contributed by atoms with Crippen molar-refractivity contribution in [2.45, 2.75) is 25.8 Å². The Bertz CT molecular complexity index is 733. The van der Waals surface area contributed by atoms with Gasteiger partial charge >= 0.3 is 0 Å². The second-order valence-corrected chi connectivity index (χ2v) is 7.67. The molecule has 2 aromatic heterocycles. The van der Waals surface area contributed by atoms with Gasteiger partial charge in [-0.05, 0) is 25.7 Å². The van der Waals surface area contributed by atoms with E-state index in [0.29, 0.717) is 11.5 Å². The number of nitrogens with zero attached hydrogens (tertiary/aromatic N) is 4. The van der Waals surface area contributed by atoms with Crippen molar-refractivity contribution in [2.24, 2.45) is 5.92 Å². The lowest BCUT2D eigenvalue weighted by Gasteiger charge is -2.35. The van der Waals surface area contributed by atoms with Crippen molar-refractivity contribution < 1.29 is 8.42 Å². The van der Waals surface area contributed by atoms with Gasteiger partial charge in [-0.3, -0.25) is 4.40 Å². The molecule has 0 aliphatic heterocycles. The number of fused-ring (bicyclic) bond motifs is 1. The number of anilines is 1. The highest BCUT2D eigenvalue weighted by Crippen LogP contribution is 2.31. The maximum absolute atomic E-state index is 11.2. The first-order valence-electron chi connectivity index (χ1n) is 6.53. The summed E-state index contributed by atoms with van der Waals surface area (Å²) in [6, 6.07) is 0.262. The smallest absolute Gasteiger partial charge is 0.203 e. The number of hydrogen-bond acceptors (Lipinski definition) is 6. The lowest BCUT2D eigenvalue weighted by molar-refractivity contribution is 0.310. The quantitative estimate of drug-likeness (QED) is 0.891. The van der Waals surface area contributed by atoms with Gasteiger partial charge in [0.2, 0.25) is 5.65 Å². The number of aromatic nitrogens is 4. The Morgan fingerprint density at radius 1 is 1.40 bits per heavy atom. The molecule has 0 amide bonds. The van der Waals surface area contributed by atoms with E-state index in [1.54, 1.807) is 6.20 Å². The first-order valence-corrected chi connectivity index (χ1v) is 8.59. The first-order chi connectivity index (χ1) is 9.42. The number of aryl methyl sites for hydroxylation is 1. The molecule has 2 aromatic rings. The zero-order chi connectivity index (χ0) is 14.3. The molecule has 8 heteroatoms. The van der Waals surface area contributed by atoms with Crippen LogP contribution in [0.2, 0.25) is 0 Å². The Morgan fingerprint density at radius 2 is 2.15 bits per heavy atom. The molecule has 1 aliphatic rings. The van der Waals surface area contributed by atoms with Crippen molar-refractivity contribution in [3.63, 3.8) is 0 Å². The number of rotatable bonds is 4. The monoisotopic (exact) mass is 295 g/mol. The van der Waals surface area contributed by atoms with Gasteiger partial charge < -0.3 is 5.32 Å². The summed E-state index contributed by atoms with van der Waals surface area (Å²) in [4.78, 5) is 4.29. The molecule has 7 nitrogen and oxygen atoms in total. The van der Waals surface area contributed by atoms with Gasteiger partial charge in [-0.15, -0.1) is 10.2 Å². The van der Waals surface area contributed by atoms with Crippen molar-refractivity contribution in [3.8, 4) is 0 Å². The molecule has 0 aromatic carbocycles. The van der Waals surface area contributed by atoms with Crippen LogP contribution in [-0.4, -0.2) is 46.1 Å². The molecule has 20 heavy (non-hydrogen) atoms. The van der Waals surface area contributed by atoms with Crippen LogP contribution in [0, 0.1) is 12.8 Å². The summed E-state index contributed by atoms with van der Waals surface area (Å²) >= 11 is 0. The third kappa shape index (κ3) is 2.60. The fourth-order valence-electron chi connectivity index (χ4n) is 2.65. The molecule has 1 fully saturated rings. The lowest BCUT2D eigenvalue weighted by Crippen LogP contribution is -2.39. The fourth-order valence-corrected chi connectivity index (χ4v) is 3.78. The second kappa shape index (κ2) is 4.69. The summed E-state index contributed by atoms with van der Waals surface area (Å²) in [6.07, 6.45) is 6.52. The van der Waals surface area contributed by atoms with Crippen LogP contribution in [0.1, 0.15) is 18.7 Å². The lowest BCUT2D eigenvalue weighted by atomic mass is 9.82. The maximum Gasteiger partial charge on any atom is 0.203 e. The summed E-state index contributed by atoms with van der Waals surface area (Å²) in [6.45, 7) is 1.88. The van der Waals surface area contributed by atoms with Crippen molar-refractivity contribution in [1.82, 2.24) is 19.6 Å². The van der Waals surface area contributed by atoms with Gasteiger partial charge in [-0.1, -0.05) is 0 Å². The summed E-state index contributed by atoms with van der Waals surface area (Å²) in [5.41, 5.74) is 0.705. The number of hydrogen-bond donors (Lipinski definition) is 1. The van der Waals surface area contributed by atoms with Gasteiger partial charge in [-0.25, -0.2) is 13.4 Å². The maximum atomic E-state index is 11.2. The van der Waals surface area contributed by atoms with Crippen molar-refractivity contribution in [1.29, 1.82) is 0 Å². The van der Waals surface area contributed by atoms with Gasteiger partial charge in [0.05, 0.1) is 5.75 Å². The van der Waals surface area contributed by atoms with E-state index in [1.807, 2.05) is 17.5 Å². The molecule has 3 rings (SSSR count). The SMILES string of the molecule is Cc1nnc2c(NC3CC(CS(C)(=O)=O)C3)nccn12. The summed E-state index contributed by atoms with van der Waals surface area (Å²) in [5.74, 6) is 2.04. The molecule has 1 saturated carbocycles. The molecule has 0 radical (unpaired) electrons. The Hall–Kier alpha value is -1.70. The van der Waals surface area contributed by atoms with E-state index in [2.05, 4.69) is 20.5 Å². The fraction of sp³-hybridized carbons (Fsp3) is 0.583. The number of sulfone groups is 1. The van der Waals surface area contributed by atoms with E-state index in [-0.39, 0.29) is 17.7 Å². The molecule has 0 saturated heterocycles. The Balaban J connectivity index is 1.67. The van der Waals surface area contributed by atoms with Crippen LogP contribution >= 0.6 is 0 Å². The van der Waals surface area contributed by atoms with Crippen LogP contribution in [0.5, 0.6) is 0 Å². The second-order valence-electron chi connectivity index (χ2n) is 5.49. The highest BCUT2D eigenvalue weighted by Gasteiger charge is 2.32. The van der Waals surface area contributed by atoms with Crippen LogP contribution in [0.4, 0.5) is 5.82 Å². The Labute approximate surface area is 117 Å². The number of nitrogens with one attached hydrogen (secondary N) is 1. The molecule has 0 unspecified atom stereocenters. The third-order valence-electron chi connectivity index (χ3n) is 3.61. The van der Waals surface area contributed by atoms with Gasteiger partial charge in [0.15, 0.2) is 5.82 Å². The average Bonchev–Trinajstić information content (AvgIpc) is 2.68. The van der Waals surface area contributed by atoms with Crippen LogP contribution in [0.15, 0.2) is 12.4 Å². The topological polar surface area (TPSA) is 89.2 Å². The largest absolute Gasteiger partial charge is 0.364 e. The first kappa shape index (κ1) is 13.3. The van der Waals surface area contributed by atoms with Crippen LogP contribution in [0.3, 0.4) is 0 Å². The third-order valence-corrected chi connectivity index (χ3v) is 4.69. The van der Waals surface area contributed by atoms with Gasteiger partial charge in [0.1, 0.15) is 15.7 Å². The molecular formula is C12H17N5O2S. The zero-order valence-corrected chi connectivity index (χ0v) is 12.3. The van der Waals surface area contributed by atoms with Crippen LogP contribution in [-0.2, 0) is 9.84 Å². The van der Waals surface area contributed by atoms with Gasteiger partial charge in [0, 0.05) is 24.7 Å². The highest BCUT2D eigenvalue weighted by molar-refractivity contribution is 7.90. The van der Waals surface area contributed by atoms with E-state index in [4.69, 9.17) is 0 Å². The average molecular weight is 295 g/mol. The standard InChI is InChI=1S/C12H17N5O2S/c1-8-15-16-12-11(13-3-4-17(8)12)14-10-5-9(6-10)7-20(2,18)19/h3-4,9-10H,5-7H2,1-2H3,(H,13,14). The van der Waals surface area contributed by atoms with Crippen molar-refractivity contribution in [3.05, 3.63) is 18.2 Å². The van der Waals surface area contributed by atoms with Crippen LogP contribution in [0.25, 0.3) is 5.65 Å². The van der Waals surface area contributed by atoms with E-state index >= 15 is 0 Å². The molecule has 0 bridgehead atoms. The minimum atomic E-state index is -2.88. The minimum Gasteiger partial charge on any atom is -0.364 e. The Morgan fingerprint density at radius 3 is 2.85 bits per heavy atom. The van der Waals surface area contributed by atoms with E-state index in [9.17, 15) is 8.42 Å². The van der Waals surface area contributed by atoms with Gasteiger partial charge in [0.25, 0.3) is 0 Å². The molecule has 0 atom stereocenters. The van der Waals surface area contributed by atoms with Crippen molar-refractivity contribution >= 4 is 21.3 Å². The predicted octanol–water partition coefficient (Wildman–Crippen LogP) is 0.668. The van der Waals surface area contributed by atoms with Gasteiger partial charge in [-0.2, -0.15) is 0 Å². The molecule has 108 valence electrons. The predicted molar refractivity (Wildman–Crippen MR) is 75.4 cm³/mol.